The molecule has 2 aliphatic heterocycles. The zero-order valence-electron chi connectivity index (χ0n) is 21.7. The van der Waals surface area contributed by atoms with Crippen molar-refractivity contribution in [2.45, 2.75) is 64.2 Å². The maximum absolute atomic E-state index is 12.7. The molecule has 0 aliphatic carbocycles. The van der Waals surface area contributed by atoms with E-state index in [1.54, 1.807) is 0 Å². The van der Waals surface area contributed by atoms with Crippen LogP contribution in [-0.2, 0) is 0 Å². The van der Waals surface area contributed by atoms with Crippen molar-refractivity contribution in [2.75, 3.05) is 49.1 Å². The number of piperidine rings is 2. The van der Waals surface area contributed by atoms with E-state index in [9.17, 15) is 4.79 Å². The number of carbonyl (C=O) groups excluding carboxylic acids is 1. The van der Waals surface area contributed by atoms with Crippen LogP contribution in [0.5, 0.6) is 0 Å². The predicted octanol–water partition coefficient (Wildman–Crippen LogP) is 7.18. The number of urea groups is 1. The van der Waals surface area contributed by atoms with Crippen molar-refractivity contribution in [3.05, 3.63) is 57.6 Å². The summed E-state index contributed by atoms with van der Waals surface area (Å²) in [5, 5.41) is 7.63. The van der Waals surface area contributed by atoms with Crippen molar-refractivity contribution < 1.29 is 4.79 Å². The van der Waals surface area contributed by atoms with Crippen LogP contribution >= 0.6 is 23.2 Å². The van der Waals surface area contributed by atoms with Crippen LogP contribution in [0.15, 0.2) is 36.4 Å². The molecule has 2 aromatic carbocycles. The molecule has 0 spiro atoms. The van der Waals surface area contributed by atoms with E-state index < -0.39 is 0 Å². The molecule has 0 bridgehead atoms. The first-order valence-electron chi connectivity index (χ1n) is 13.5. The highest BCUT2D eigenvalue weighted by Crippen LogP contribution is 2.33. The van der Waals surface area contributed by atoms with Crippen LogP contribution in [0.3, 0.4) is 0 Å². The van der Waals surface area contributed by atoms with Gasteiger partial charge in [0, 0.05) is 72.5 Å². The molecule has 2 fully saturated rings. The van der Waals surface area contributed by atoms with Crippen LogP contribution in [0, 0.1) is 0 Å². The van der Waals surface area contributed by atoms with E-state index in [2.05, 4.69) is 58.5 Å². The Morgan fingerprint density at radius 3 is 1.50 bits per heavy atom. The Hall–Kier alpha value is -2.11. The Labute approximate surface area is 226 Å². The molecule has 4 rings (SSSR count). The number of hydrogen-bond donors (Lipinski definition) is 2. The van der Waals surface area contributed by atoms with E-state index in [0.29, 0.717) is 13.1 Å². The van der Waals surface area contributed by atoms with Gasteiger partial charge in [-0.15, -0.1) is 0 Å². The molecule has 36 heavy (non-hydrogen) atoms. The standard InChI is InChI=1S/C29H40Cl2N4O/c1-21(25-17-23(30)9-11-27(25)34-13-5-3-6-14-34)19-32-29(36)33-20-22(2)26-18-24(31)10-12-28(26)35-15-7-4-8-16-35/h9-12,17-18,21-22H,3-8,13-16,19-20H2,1-2H3,(H2,32,33,36). The summed E-state index contributed by atoms with van der Waals surface area (Å²) in [7, 11) is 0. The lowest BCUT2D eigenvalue weighted by Crippen LogP contribution is -2.39. The summed E-state index contributed by atoms with van der Waals surface area (Å²) < 4.78 is 0. The van der Waals surface area contributed by atoms with Gasteiger partial charge in [0.1, 0.15) is 0 Å². The normalized spacial score (nSPS) is 18.0. The number of hydrogen-bond acceptors (Lipinski definition) is 3. The van der Waals surface area contributed by atoms with Crippen molar-refractivity contribution in [3.63, 3.8) is 0 Å². The van der Waals surface area contributed by atoms with Gasteiger partial charge >= 0.3 is 6.03 Å². The SMILES string of the molecule is CC(CNC(=O)NCC(C)c1cc(Cl)ccc1N1CCCCC1)c1cc(Cl)ccc1N1CCCCC1. The van der Waals surface area contributed by atoms with Gasteiger partial charge in [0.25, 0.3) is 0 Å². The summed E-state index contributed by atoms with van der Waals surface area (Å²) in [5.41, 5.74) is 4.88. The Morgan fingerprint density at radius 1 is 0.722 bits per heavy atom. The quantitative estimate of drug-likeness (QED) is 0.379. The Balaban J connectivity index is 1.33. The van der Waals surface area contributed by atoms with Crippen LogP contribution in [0.1, 0.15) is 75.3 Å². The van der Waals surface area contributed by atoms with E-state index in [0.717, 1.165) is 36.2 Å². The lowest BCUT2D eigenvalue weighted by Gasteiger charge is -2.32. The molecule has 2 aromatic rings. The molecule has 196 valence electrons. The minimum atomic E-state index is -0.142. The first-order chi connectivity index (χ1) is 17.4. The highest BCUT2D eigenvalue weighted by Gasteiger charge is 2.21. The lowest BCUT2D eigenvalue weighted by molar-refractivity contribution is 0.240. The van der Waals surface area contributed by atoms with Crippen molar-refractivity contribution in [1.29, 1.82) is 0 Å². The highest BCUT2D eigenvalue weighted by atomic mass is 35.5. The number of amides is 2. The van der Waals surface area contributed by atoms with Crippen molar-refractivity contribution in [2.24, 2.45) is 0 Å². The summed E-state index contributed by atoms with van der Waals surface area (Å²) in [6.07, 6.45) is 7.49. The Morgan fingerprint density at radius 2 is 1.11 bits per heavy atom. The van der Waals surface area contributed by atoms with Crippen LogP contribution in [0.25, 0.3) is 0 Å². The molecule has 2 unspecified atom stereocenters. The van der Waals surface area contributed by atoms with Gasteiger partial charge in [0.15, 0.2) is 0 Å². The van der Waals surface area contributed by atoms with Crippen molar-refractivity contribution in [3.8, 4) is 0 Å². The second-order valence-electron chi connectivity index (χ2n) is 10.4. The molecule has 2 heterocycles. The molecule has 0 aromatic heterocycles. The van der Waals surface area contributed by atoms with E-state index in [1.807, 2.05) is 12.1 Å². The number of halogens is 2. The second kappa shape index (κ2) is 12.9. The maximum Gasteiger partial charge on any atom is 0.314 e. The van der Waals surface area contributed by atoms with Gasteiger partial charge in [-0.1, -0.05) is 37.0 Å². The molecule has 2 amide bonds. The van der Waals surface area contributed by atoms with E-state index in [1.165, 1.54) is 61.0 Å². The number of nitrogens with one attached hydrogen (secondary N) is 2. The molecule has 0 radical (unpaired) electrons. The number of benzene rings is 2. The van der Waals surface area contributed by atoms with Crippen LogP contribution in [0.4, 0.5) is 16.2 Å². The summed E-state index contributed by atoms with van der Waals surface area (Å²) >= 11 is 12.7. The molecular weight excluding hydrogens is 491 g/mol. The van der Waals surface area contributed by atoms with Gasteiger partial charge in [-0.05, 0) is 86.1 Å². The van der Waals surface area contributed by atoms with Gasteiger partial charge in [-0.25, -0.2) is 4.79 Å². The van der Waals surface area contributed by atoms with Gasteiger partial charge in [-0.3, -0.25) is 0 Å². The fraction of sp³-hybridized carbons (Fsp3) is 0.552. The number of rotatable bonds is 8. The fourth-order valence-electron chi connectivity index (χ4n) is 5.46. The van der Waals surface area contributed by atoms with Gasteiger partial charge in [0.05, 0.1) is 0 Å². The highest BCUT2D eigenvalue weighted by molar-refractivity contribution is 6.31. The first-order valence-corrected chi connectivity index (χ1v) is 14.3. The van der Waals surface area contributed by atoms with Gasteiger partial charge in [0.2, 0.25) is 0 Å². The molecule has 5 nitrogen and oxygen atoms in total. The smallest absolute Gasteiger partial charge is 0.314 e. The van der Waals surface area contributed by atoms with Gasteiger partial charge in [-0.2, -0.15) is 0 Å². The molecule has 2 atom stereocenters. The van der Waals surface area contributed by atoms with Crippen molar-refractivity contribution in [1.82, 2.24) is 10.6 Å². The third kappa shape index (κ3) is 7.01. The summed E-state index contributed by atoms with van der Waals surface area (Å²) in [6, 6.07) is 12.2. The van der Waals surface area contributed by atoms with Crippen molar-refractivity contribution >= 4 is 40.6 Å². The monoisotopic (exact) mass is 530 g/mol. The summed E-state index contributed by atoms with van der Waals surface area (Å²) in [6.45, 7) is 9.73. The molecular formula is C29H40Cl2N4O. The lowest BCUT2D eigenvalue weighted by atomic mass is 9.97. The average Bonchev–Trinajstić information content (AvgIpc) is 2.91. The minimum Gasteiger partial charge on any atom is -0.371 e. The third-order valence-corrected chi connectivity index (χ3v) is 8.04. The summed E-state index contributed by atoms with van der Waals surface area (Å²) in [5.74, 6) is 0.310. The minimum absolute atomic E-state index is 0.142. The zero-order chi connectivity index (χ0) is 25.5. The van der Waals surface area contributed by atoms with E-state index >= 15 is 0 Å². The molecule has 2 saturated heterocycles. The third-order valence-electron chi connectivity index (χ3n) is 7.57. The number of anilines is 2. The largest absolute Gasteiger partial charge is 0.371 e. The fourth-order valence-corrected chi connectivity index (χ4v) is 5.82. The molecule has 0 saturated carbocycles. The maximum atomic E-state index is 12.7. The number of carbonyl (C=O) groups is 1. The first kappa shape index (κ1) is 26.9. The van der Waals surface area contributed by atoms with E-state index in [-0.39, 0.29) is 17.9 Å². The zero-order valence-corrected chi connectivity index (χ0v) is 23.2. The van der Waals surface area contributed by atoms with Crippen LogP contribution in [0.2, 0.25) is 10.0 Å². The molecule has 2 N–H and O–H groups in total. The Bertz CT molecular complexity index is 939. The Kier molecular flexibility index (Phi) is 9.66. The van der Waals surface area contributed by atoms with Crippen LogP contribution in [-0.4, -0.2) is 45.3 Å². The molecule has 7 heteroatoms. The topological polar surface area (TPSA) is 47.6 Å². The van der Waals surface area contributed by atoms with E-state index in [4.69, 9.17) is 23.2 Å². The summed E-state index contributed by atoms with van der Waals surface area (Å²) in [4.78, 5) is 17.6. The molecule has 2 aliphatic rings. The predicted molar refractivity (Wildman–Crippen MR) is 153 cm³/mol. The van der Waals surface area contributed by atoms with Gasteiger partial charge < -0.3 is 20.4 Å². The number of nitrogens with zero attached hydrogens (tertiary/aromatic N) is 2. The average molecular weight is 532 g/mol. The van der Waals surface area contributed by atoms with Crippen LogP contribution < -0.4 is 20.4 Å². The second-order valence-corrected chi connectivity index (χ2v) is 11.3.